The molecule has 2 N–H and O–H groups in total. The first kappa shape index (κ1) is 22.8. The first-order chi connectivity index (χ1) is 13.4. The maximum atomic E-state index is 13.7. The van der Waals surface area contributed by atoms with E-state index in [0.717, 1.165) is 12.1 Å². The summed E-state index contributed by atoms with van der Waals surface area (Å²) in [5.74, 6) is -1.86. The predicted octanol–water partition coefficient (Wildman–Crippen LogP) is 3.02. The second-order valence-electron chi connectivity index (χ2n) is 7.43. The molecule has 9 heteroatoms. The minimum absolute atomic E-state index is 0.0228. The topological polar surface area (TPSA) is 84.5 Å². The van der Waals surface area contributed by atoms with Crippen LogP contribution in [0.1, 0.15) is 36.7 Å². The van der Waals surface area contributed by atoms with Gasteiger partial charge in [-0.05, 0) is 57.5 Å². The van der Waals surface area contributed by atoms with E-state index in [9.17, 15) is 22.0 Å². The van der Waals surface area contributed by atoms with Gasteiger partial charge in [-0.25, -0.2) is 21.9 Å². The van der Waals surface area contributed by atoms with E-state index in [1.807, 2.05) is 0 Å². The number of rotatable bonds is 7. The number of sulfonamides is 1. The van der Waals surface area contributed by atoms with Crippen LogP contribution in [0.15, 0.2) is 41.3 Å². The normalized spacial score (nSPS) is 11.9. The summed E-state index contributed by atoms with van der Waals surface area (Å²) in [4.78, 5) is 12.2. The van der Waals surface area contributed by atoms with Crippen LogP contribution in [0.5, 0.6) is 5.75 Å². The van der Waals surface area contributed by atoms with Gasteiger partial charge >= 0.3 is 0 Å². The Kier molecular flexibility index (Phi) is 6.97. The van der Waals surface area contributed by atoms with Gasteiger partial charge in [0.15, 0.2) is 0 Å². The highest BCUT2D eigenvalue weighted by Crippen LogP contribution is 2.26. The van der Waals surface area contributed by atoms with Crippen molar-refractivity contribution < 1.29 is 26.7 Å². The molecule has 6 nitrogen and oxygen atoms in total. The van der Waals surface area contributed by atoms with Gasteiger partial charge in [-0.1, -0.05) is 6.07 Å². The molecule has 0 aliphatic carbocycles. The van der Waals surface area contributed by atoms with E-state index in [1.165, 1.54) is 31.4 Å². The molecular weight excluding hydrogens is 402 g/mol. The average Bonchev–Trinajstić information content (AvgIpc) is 2.61. The molecule has 0 saturated heterocycles. The Labute approximate surface area is 169 Å². The van der Waals surface area contributed by atoms with E-state index in [1.54, 1.807) is 20.8 Å². The van der Waals surface area contributed by atoms with Crippen molar-refractivity contribution in [2.24, 2.45) is 0 Å². The summed E-state index contributed by atoms with van der Waals surface area (Å²) in [6.07, 6.45) is -0.0445. The molecule has 158 valence electrons. The number of hydrogen-bond acceptors (Lipinski definition) is 4. The third-order valence-electron chi connectivity index (χ3n) is 3.88. The number of hydrogen-bond donors (Lipinski definition) is 2. The highest BCUT2D eigenvalue weighted by molar-refractivity contribution is 7.89. The molecule has 0 unspecified atom stereocenters. The van der Waals surface area contributed by atoms with Gasteiger partial charge in [-0.3, -0.25) is 4.79 Å². The SMILES string of the molecule is COc1ccc(C(=O)NCCc2c(F)cccc2F)cc1S(=O)(=O)NC(C)(C)C. The number of methoxy groups -OCH3 is 1. The zero-order valence-corrected chi connectivity index (χ0v) is 17.5. The maximum Gasteiger partial charge on any atom is 0.251 e. The van der Waals surface area contributed by atoms with Crippen LogP contribution < -0.4 is 14.8 Å². The van der Waals surface area contributed by atoms with Crippen molar-refractivity contribution in [2.45, 2.75) is 37.6 Å². The third kappa shape index (κ3) is 5.98. The van der Waals surface area contributed by atoms with Crippen LogP contribution in [0.2, 0.25) is 0 Å². The van der Waals surface area contributed by atoms with E-state index in [-0.39, 0.29) is 34.7 Å². The minimum Gasteiger partial charge on any atom is -0.495 e. The number of carbonyl (C=O) groups is 1. The monoisotopic (exact) mass is 426 g/mol. The quantitative estimate of drug-likeness (QED) is 0.713. The summed E-state index contributed by atoms with van der Waals surface area (Å²) in [5.41, 5.74) is -0.777. The molecule has 0 spiro atoms. The number of amides is 1. The lowest BCUT2D eigenvalue weighted by atomic mass is 10.1. The molecule has 0 atom stereocenters. The summed E-state index contributed by atoms with van der Waals surface area (Å²) in [6, 6.07) is 7.53. The first-order valence-electron chi connectivity index (χ1n) is 8.88. The minimum atomic E-state index is -3.95. The Hall–Kier alpha value is -2.52. The highest BCUT2D eigenvalue weighted by Gasteiger charge is 2.26. The molecule has 0 bridgehead atoms. The van der Waals surface area contributed by atoms with Gasteiger partial charge in [0.25, 0.3) is 5.91 Å². The van der Waals surface area contributed by atoms with E-state index < -0.39 is 33.1 Å². The van der Waals surface area contributed by atoms with Crippen LogP contribution in [-0.2, 0) is 16.4 Å². The lowest BCUT2D eigenvalue weighted by Crippen LogP contribution is -2.40. The summed E-state index contributed by atoms with van der Waals surface area (Å²) in [6.45, 7) is 5.05. The molecule has 0 saturated carbocycles. The fourth-order valence-corrected chi connectivity index (χ4v) is 4.27. The lowest BCUT2D eigenvalue weighted by molar-refractivity contribution is 0.0953. The van der Waals surface area contributed by atoms with Crippen LogP contribution in [0, 0.1) is 11.6 Å². The van der Waals surface area contributed by atoms with E-state index >= 15 is 0 Å². The first-order valence-corrected chi connectivity index (χ1v) is 10.4. The summed E-state index contributed by atoms with van der Waals surface area (Å²) in [7, 11) is -2.62. The smallest absolute Gasteiger partial charge is 0.251 e. The Bertz CT molecular complexity index is 982. The Morgan fingerprint density at radius 1 is 1.10 bits per heavy atom. The summed E-state index contributed by atoms with van der Waals surface area (Å²) in [5, 5.41) is 2.54. The largest absolute Gasteiger partial charge is 0.495 e. The average molecular weight is 426 g/mol. The van der Waals surface area contributed by atoms with E-state index in [0.29, 0.717) is 0 Å². The van der Waals surface area contributed by atoms with Gasteiger partial charge in [-0.2, -0.15) is 0 Å². The maximum absolute atomic E-state index is 13.7. The predicted molar refractivity (Wildman–Crippen MR) is 105 cm³/mol. The van der Waals surface area contributed by atoms with Crippen molar-refractivity contribution in [1.82, 2.24) is 10.0 Å². The molecule has 0 heterocycles. The van der Waals surface area contributed by atoms with Crippen molar-refractivity contribution >= 4 is 15.9 Å². The van der Waals surface area contributed by atoms with Crippen molar-refractivity contribution in [2.75, 3.05) is 13.7 Å². The molecular formula is C20H24F2N2O4S. The summed E-state index contributed by atoms with van der Waals surface area (Å²) >= 11 is 0. The number of benzene rings is 2. The van der Waals surface area contributed by atoms with Crippen molar-refractivity contribution in [3.63, 3.8) is 0 Å². The van der Waals surface area contributed by atoms with E-state index in [2.05, 4.69) is 10.0 Å². The molecule has 2 aromatic rings. The second-order valence-corrected chi connectivity index (χ2v) is 9.08. The van der Waals surface area contributed by atoms with Crippen LogP contribution in [0.25, 0.3) is 0 Å². The Morgan fingerprint density at radius 3 is 2.28 bits per heavy atom. The van der Waals surface area contributed by atoms with E-state index in [4.69, 9.17) is 4.74 Å². The lowest BCUT2D eigenvalue weighted by Gasteiger charge is -2.21. The standard InChI is InChI=1S/C20H24F2N2O4S/c1-20(2,3)24-29(26,27)18-12-13(8-9-17(18)28-4)19(25)23-11-10-14-15(21)6-5-7-16(14)22/h5-9,12,24H,10-11H2,1-4H3,(H,23,25). The Balaban J connectivity index is 2.19. The third-order valence-corrected chi connectivity index (χ3v) is 5.66. The molecule has 0 aromatic heterocycles. The molecule has 0 fully saturated rings. The zero-order chi connectivity index (χ0) is 21.8. The molecule has 0 radical (unpaired) electrons. The summed E-state index contributed by atoms with van der Waals surface area (Å²) < 4.78 is 60.3. The van der Waals surface area contributed by atoms with Crippen LogP contribution in [0.4, 0.5) is 8.78 Å². The van der Waals surface area contributed by atoms with Crippen LogP contribution in [-0.4, -0.2) is 33.5 Å². The zero-order valence-electron chi connectivity index (χ0n) is 16.7. The molecule has 2 rings (SSSR count). The molecule has 0 aliphatic rings. The number of halogens is 2. The van der Waals surface area contributed by atoms with Gasteiger partial charge < -0.3 is 10.1 Å². The number of nitrogens with one attached hydrogen (secondary N) is 2. The van der Waals surface area contributed by atoms with Gasteiger partial charge in [0, 0.05) is 23.2 Å². The molecule has 0 aliphatic heterocycles. The van der Waals surface area contributed by atoms with Crippen molar-refractivity contribution in [3.8, 4) is 5.75 Å². The molecule has 2 aromatic carbocycles. The van der Waals surface area contributed by atoms with Crippen molar-refractivity contribution in [1.29, 1.82) is 0 Å². The number of carbonyl (C=O) groups excluding carboxylic acids is 1. The van der Waals surface area contributed by atoms with Crippen molar-refractivity contribution in [3.05, 3.63) is 59.2 Å². The Morgan fingerprint density at radius 2 is 1.72 bits per heavy atom. The van der Waals surface area contributed by atoms with Gasteiger partial charge in [0.05, 0.1) is 7.11 Å². The second kappa shape index (κ2) is 8.87. The fraction of sp³-hybridized carbons (Fsp3) is 0.350. The highest BCUT2D eigenvalue weighted by atomic mass is 32.2. The van der Waals surface area contributed by atoms with Gasteiger partial charge in [0.1, 0.15) is 22.3 Å². The molecule has 1 amide bonds. The van der Waals surface area contributed by atoms with Crippen LogP contribution in [0.3, 0.4) is 0 Å². The van der Waals surface area contributed by atoms with Crippen LogP contribution >= 0.6 is 0 Å². The van der Waals surface area contributed by atoms with Gasteiger partial charge in [-0.15, -0.1) is 0 Å². The molecule has 29 heavy (non-hydrogen) atoms. The number of ether oxygens (including phenoxy) is 1. The van der Waals surface area contributed by atoms with Gasteiger partial charge in [0.2, 0.25) is 10.0 Å². The fourth-order valence-electron chi connectivity index (χ4n) is 2.66.